The Labute approximate surface area is 140 Å². The van der Waals surface area contributed by atoms with E-state index in [4.69, 9.17) is 0 Å². The highest BCUT2D eigenvalue weighted by atomic mass is 32.1. The zero-order valence-corrected chi connectivity index (χ0v) is 14.2. The molecule has 2 aliphatic heterocycles. The third kappa shape index (κ3) is 2.91. The molecule has 2 fully saturated rings. The number of nitrogens with zero attached hydrogens (tertiary/aromatic N) is 3. The predicted octanol–water partition coefficient (Wildman–Crippen LogP) is 3.04. The molecule has 0 bridgehead atoms. The maximum atomic E-state index is 12.5. The summed E-state index contributed by atoms with van der Waals surface area (Å²) < 4.78 is 0. The molecule has 1 aromatic carbocycles. The second-order valence-corrected chi connectivity index (χ2v) is 7.50. The molecular weight excluding hydrogens is 306 g/mol. The van der Waals surface area contributed by atoms with Gasteiger partial charge in [-0.2, -0.15) is 0 Å². The van der Waals surface area contributed by atoms with Gasteiger partial charge >= 0.3 is 0 Å². The number of likely N-dealkylation sites (tertiary alicyclic amines) is 2. The van der Waals surface area contributed by atoms with Crippen LogP contribution in [0.3, 0.4) is 0 Å². The first-order valence-corrected chi connectivity index (χ1v) is 9.14. The van der Waals surface area contributed by atoms with Gasteiger partial charge in [0.25, 0.3) is 5.91 Å². The van der Waals surface area contributed by atoms with Gasteiger partial charge in [-0.1, -0.05) is 12.1 Å². The van der Waals surface area contributed by atoms with Gasteiger partial charge in [0.15, 0.2) is 0 Å². The Balaban J connectivity index is 1.39. The number of thiazole rings is 1. The van der Waals surface area contributed by atoms with Crippen molar-refractivity contribution in [1.29, 1.82) is 0 Å². The Morgan fingerprint density at radius 2 is 1.87 bits per heavy atom. The van der Waals surface area contributed by atoms with Gasteiger partial charge in [0.1, 0.15) is 0 Å². The average molecular weight is 327 g/mol. The Kier molecular flexibility index (Phi) is 3.91. The van der Waals surface area contributed by atoms with Crippen LogP contribution in [0, 0.1) is 6.92 Å². The number of amides is 1. The lowest BCUT2D eigenvalue weighted by molar-refractivity contribution is 0.0334. The molecule has 23 heavy (non-hydrogen) atoms. The second-order valence-electron chi connectivity index (χ2n) is 6.44. The SMILES string of the molecule is Cc1nc(-c2ccc(C(=O)N3CC(N4CCCC4)C3)cc2)cs1. The van der Waals surface area contributed by atoms with Crippen LogP contribution in [0.4, 0.5) is 0 Å². The topological polar surface area (TPSA) is 36.4 Å². The van der Waals surface area contributed by atoms with Crippen LogP contribution in [0.5, 0.6) is 0 Å². The van der Waals surface area contributed by atoms with Crippen molar-refractivity contribution in [1.82, 2.24) is 14.8 Å². The molecule has 2 aliphatic rings. The first kappa shape index (κ1) is 14.8. The summed E-state index contributed by atoms with van der Waals surface area (Å²) in [4.78, 5) is 21.5. The minimum absolute atomic E-state index is 0.154. The number of aryl methyl sites for hydroxylation is 1. The van der Waals surface area contributed by atoms with Crippen molar-refractivity contribution >= 4 is 17.2 Å². The molecule has 0 aliphatic carbocycles. The molecule has 120 valence electrons. The molecule has 0 atom stereocenters. The molecule has 4 nitrogen and oxygen atoms in total. The van der Waals surface area contributed by atoms with E-state index in [0.29, 0.717) is 6.04 Å². The van der Waals surface area contributed by atoms with Gasteiger partial charge < -0.3 is 4.90 Å². The average Bonchev–Trinajstić information content (AvgIpc) is 3.18. The van der Waals surface area contributed by atoms with Gasteiger partial charge in [0, 0.05) is 35.6 Å². The highest BCUT2D eigenvalue weighted by Gasteiger charge is 2.35. The van der Waals surface area contributed by atoms with Crippen LogP contribution >= 0.6 is 11.3 Å². The van der Waals surface area contributed by atoms with E-state index in [0.717, 1.165) is 34.9 Å². The molecule has 1 amide bonds. The van der Waals surface area contributed by atoms with E-state index in [1.54, 1.807) is 11.3 Å². The van der Waals surface area contributed by atoms with Crippen molar-refractivity contribution in [2.75, 3.05) is 26.2 Å². The van der Waals surface area contributed by atoms with Gasteiger partial charge in [-0.15, -0.1) is 11.3 Å². The van der Waals surface area contributed by atoms with Crippen molar-refractivity contribution in [2.24, 2.45) is 0 Å². The summed E-state index contributed by atoms with van der Waals surface area (Å²) in [6.07, 6.45) is 2.62. The van der Waals surface area contributed by atoms with Crippen molar-refractivity contribution < 1.29 is 4.79 Å². The third-order valence-corrected chi connectivity index (χ3v) is 5.63. The van der Waals surface area contributed by atoms with Gasteiger partial charge in [-0.3, -0.25) is 9.69 Å². The summed E-state index contributed by atoms with van der Waals surface area (Å²) in [5.74, 6) is 0.154. The molecule has 0 saturated carbocycles. The lowest BCUT2D eigenvalue weighted by atomic mass is 10.0. The first-order chi connectivity index (χ1) is 11.2. The van der Waals surface area contributed by atoms with Crippen LogP contribution < -0.4 is 0 Å². The molecule has 0 spiro atoms. The van der Waals surface area contributed by atoms with Gasteiger partial charge in [-0.05, 0) is 45.0 Å². The lowest BCUT2D eigenvalue weighted by Gasteiger charge is -2.44. The summed E-state index contributed by atoms with van der Waals surface area (Å²) in [5.41, 5.74) is 2.84. The van der Waals surface area contributed by atoms with Crippen molar-refractivity contribution in [3.05, 3.63) is 40.2 Å². The molecule has 2 saturated heterocycles. The van der Waals surface area contributed by atoms with Crippen molar-refractivity contribution in [2.45, 2.75) is 25.8 Å². The summed E-state index contributed by atoms with van der Waals surface area (Å²) in [7, 11) is 0. The van der Waals surface area contributed by atoms with Gasteiger partial charge in [0.05, 0.1) is 10.7 Å². The summed E-state index contributed by atoms with van der Waals surface area (Å²) in [5, 5.41) is 3.12. The van der Waals surface area contributed by atoms with Crippen LogP contribution in [0.25, 0.3) is 11.3 Å². The normalized spacial score (nSPS) is 19.1. The minimum Gasteiger partial charge on any atom is -0.335 e. The Bertz CT molecular complexity index is 697. The Morgan fingerprint density at radius 3 is 2.48 bits per heavy atom. The van der Waals surface area contributed by atoms with Crippen LogP contribution in [-0.2, 0) is 0 Å². The molecule has 3 heterocycles. The molecular formula is C18H21N3OS. The summed E-state index contributed by atoms with van der Waals surface area (Å²) in [6, 6.07) is 8.43. The van der Waals surface area contributed by atoms with E-state index in [2.05, 4.69) is 15.3 Å². The van der Waals surface area contributed by atoms with E-state index in [1.807, 2.05) is 36.1 Å². The number of carbonyl (C=O) groups is 1. The zero-order chi connectivity index (χ0) is 15.8. The number of hydrogen-bond acceptors (Lipinski definition) is 4. The van der Waals surface area contributed by atoms with E-state index in [9.17, 15) is 4.79 Å². The first-order valence-electron chi connectivity index (χ1n) is 8.26. The number of rotatable bonds is 3. The van der Waals surface area contributed by atoms with E-state index >= 15 is 0 Å². The Hall–Kier alpha value is -1.72. The fourth-order valence-corrected chi connectivity index (χ4v) is 4.04. The fourth-order valence-electron chi connectivity index (χ4n) is 3.42. The quantitative estimate of drug-likeness (QED) is 0.869. The van der Waals surface area contributed by atoms with Crippen LogP contribution in [0.15, 0.2) is 29.6 Å². The van der Waals surface area contributed by atoms with Crippen molar-refractivity contribution in [3.8, 4) is 11.3 Å². The van der Waals surface area contributed by atoms with Gasteiger partial charge in [0.2, 0.25) is 0 Å². The van der Waals surface area contributed by atoms with E-state index < -0.39 is 0 Å². The molecule has 1 aromatic heterocycles. The fraction of sp³-hybridized carbons (Fsp3) is 0.444. The number of carbonyl (C=O) groups excluding carboxylic acids is 1. The Morgan fingerprint density at radius 1 is 1.17 bits per heavy atom. The van der Waals surface area contributed by atoms with E-state index in [1.165, 1.54) is 25.9 Å². The predicted molar refractivity (Wildman–Crippen MR) is 92.8 cm³/mol. The largest absolute Gasteiger partial charge is 0.335 e. The number of benzene rings is 1. The molecule has 5 heteroatoms. The maximum absolute atomic E-state index is 12.5. The summed E-state index contributed by atoms with van der Waals surface area (Å²) >= 11 is 1.65. The number of aromatic nitrogens is 1. The van der Waals surface area contributed by atoms with Gasteiger partial charge in [-0.25, -0.2) is 4.98 Å². The molecule has 4 rings (SSSR count). The third-order valence-electron chi connectivity index (χ3n) is 4.85. The zero-order valence-electron chi connectivity index (χ0n) is 13.4. The highest BCUT2D eigenvalue weighted by Crippen LogP contribution is 2.24. The monoisotopic (exact) mass is 327 g/mol. The van der Waals surface area contributed by atoms with Crippen LogP contribution in [0.1, 0.15) is 28.2 Å². The van der Waals surface area contributed by atoms with Crippen LogP contribution in [-0.4, -0.2) is 52.9 Å². The minimum atomic E-state index is 0.154. The summed E-state index contributed by atoms with van der Waals surface area (Å²) in [6.45, 7) is 6.17. The smallest absolute Gasteiger partial charge is 0.253 e. The molecule has 2 aromatic rings. The second kappa shape index (κ2) is 6.06. The van der Waals surface area contributed by atoms with Crippen LogP contribution in [0.2, 0.25) is 0 Å². The number of hydrogen-bond donors (Lipinski definition) is 0. The standard InChI is InChI=1S/C18H21N3OS/c1-13-19-17(12-23-13)14-4-6-15(7-5-14)18(22)21-10-16(11-21)20-8-2-3-9-20/h4-7,12,16H,2-3,8-11H2,1H3. The molecule has 0 unspecified atom stereocenters. The maximum Gasteiger partial charge on any atom is 0.253 e. The van der Waals surface area contributed by atoms with Crippen molar-refractivity contribution in [3.63, 3.8) is 0 Å². The highest BCUT2D eigenvalue weighted by molar-refractivity contribution is 7.09. The lowest BCUT2D eigenvalue weighted by Crippen LogP contribution is -2.60. The molecule has 0 N–H and O–H groups in total. The van der Waals surface area contributed by atoms with E-state index in [-0.39, 0.29) is 5.91 Å². The molecule has 0 radical (unpaired) electrons.